The third-order valence-corrected chi connectivity index (χ3v) is 5.88. The van der Waals surface area contributed by atoms with Crippen LogP contribution in [0.3, 0.4) is 0 Å². The monoisotopic (exact) mass is 485 g/mol. The molecule has 34 heavy (non-hydrogen) atoms. The Morgan fingerprint density at radius 3 is 2.41 bits per heavy atom. The van der Waals surface area contributed by atoms with Gasteiger partial charge in [-0.2, -0.15) is 5.10 Å². The highest BCUT2D eigenvalue weighted by molar-refractivity contribution is 6.30. The maximum absolute atomic E-state index is 12.7. The van der Waals surface area contributed by atoms with Gasteiger partial charge in [-0.3, -0.25) is 19.7 Å². The largest absolute Gasteiger partial charge is 0.366 e. The van der Waals surface area contributed by atoms with E-state index in [0.717, 1.165) is 32.4 Å². The van der Waals surface area contributed by atoms with Crippen LogP contribution in [-0.2, 0) is 4.79 Å². The number of benzene rings is 2. The zero-order valence-electron chi connectivity index (χ0n) is 19.2. The molecule has 0 bridgehead atoms. The quantitative estimate of drug-likeness (QED) is 0.331. The summed E-state index contributed by atoms with van der Waals surface area (Å²) in [5, 5.41) is 18.8. The van der Waals surface area contributed by atoms with Crippen LogP contribution in [0.2, 0.25) is 5.02 Å². The molecule has 2 N–H and O–H groups in total. The summed E-state index contributed by atoms with van der Waals surface area (Å²) >= 11 is 5.85. The smallest absolute Gasteiger partial charge is 0.293 e. The molecule has 2 amide bonds. The van der Waals surface area contributed by atoms with Gasteiger partial charge in [-0.15, -0.1) is 0 Å². The number of amides is 2. The molecule has 10 heteroatoms. The third-order valence-electron chi connectivity index (χ3n) is 5.62. The highest BCUT2D eigenvalue weighted by atomic mass is 35.5. The summed E-state index contributed by atoms with van der Waals surface area (Å²) in [4.78, 5) is 38.4. The van der Waals surface area contributed by atoms with E-state index in [2.05, 4.69) is 15.8 Å². The lowest BCUT2D eigenvalue weighted by atomic mass is 10.0. The van der Waals surface area contributed by atoms with E-state index in [1.54, 1.807) is 50.2 Å². The highest BCUT2D eigenvalue weighted by Gasteiger charge is 2.25. The number of halogens is 1. The van der Waals surface area contributed by atoms with E-state index in [4.69, 9.17) is 11.6 Å². The predicted octanol–water partition coefficient (Wildman–Crippen LogP) is 4.14. The van der Waals surface area contributed by atoms with Crippen LogP contribution in [-0.4, -0.2) is 42.1 Å². The third kappa shape index (κ3) is 6.54. The molecule has 3 rings (SSSR count). The summed E-state index contributed by atoms with van der Waals surface area (Å²) in [6.45, 7) is 5.20. The molecule has 1 saturated heterocycles. The second kappa shape index (κ2) is 11.6. The number of carbonyl (C=O) groups excluding carboxylic acids is 2. The second-order valence-electron chi connectivity index (χ2n) is 8.49. The first-order valence-corrected chi connectivity index (χ1v) is 11.6. The first-order chi connectivity index (χ1) is 16.3. The molecule has 180 valence electrons. The lowest BCUT2D eigenvalue weighted by Crippen LogP contribution is -2.48. The molecular weight excluding hydrogens is 458 g/mol. The summed E-state index contributed by atoms with van der Waals surface area (Å²) in [7, 11) is 0. The Kier molecular flexibility index (Phi) is 8.59. The minimum absolute atomic E-state index is 0.00691. The molecule has 1 atom stereocenters. The summed E-state index contributed by atoms with van der Waals surface area (Å²) in [6, 6.07) is 10.4. The van der Waals surface area contributed by atoms with Gasteiger partial charge in [0.15, 0.2) is 0 Å². The molecule has 0 aliphatic carbocycles. The van der Waals surface area contributed by atoms with Crippen LogP contribution in [0.4, 0.5) is 11.4 Å². The van der Waals surface area contributed by atoms with E-state index in [0.29, 0.717) is 21.8 Å². The van der Waals surface area contributed by atoms with Crippen LogP contribution in [0.15, 0.2) is 47.6 Å². The van der Waals surface area contributed by atoms with E-state index >= 15 is 0 Å². The summed E-state index contributed by atoms with van der Waals surface area (Å²) in [5.74, 6) is -1.09. The van der Waals surface area contributed by atoms with Gasteiger partial charge in [0.05, 0.1) is 11.1 Å². The Morgan fingerprint density at radius 1 is 1.12 bits per heavy atom. The highest BCUT2D eigenvalue weighted by Crippen LogP contribution is 2.30. The zero-order valence-corrected chi connectivity index (χ0v) is 19.9. The van der Waals surface area contributed by atoms with Crippen molar-refractivity contribution in [1.29, 1.82) is 0 Å². The number of nitrogens with one attached hydrogen (secondary N) is 2. The number of anilines is 1. The van der Waals surface area contributed by atoms with Gasteiger partial charge >= 0.3 is 0 Å². The van der Waals surface area contributed by atoms with Gasteiger partial charge in [-0.05, 0) is 55.5 Å². The van der Waals surface area contributed by atoms with Crippen molar-refractivity contribution in [3.63, 3.8) is 0 Å². The molecule has 1 aliphatic rings. The molecule has 2 aromatic rings. The van der Waals surface area contributed by atoms with Crippen LogP contribution in [0, 0.1) is 16.0 Å². The molecule has 0 spiro atoms. The molecule has 1 heterocycles. The average Bonchev–Trinajstić information content (AvgIpc) is 2.83. The molecule has 1 unspecified atom stereocenters. The minimum Gasteiger partial charge on any atom is -0.366 e. The predicted molar refractivity (Wildman–Crippen MR) is 132 cm³/mol. The fourth-order valence-electron chi connectivity index (χ4n) is 3.77. The second-order valence-corrected chi connectivity index (χ2v) is 8.93. The Bertz CT molecular complexity index is 1070. The number of rotatable bonds is 8. The fourth-order valence-corrected chi connectivity index (χ4v) is 3.90. The normalized spacial score (nSPS) is 14.8. The summed E-state index contributed by atoms with van der Waals surface area (Å²) in [5.41, 5.74) is 3.89. The maximum Gasteiger partial charge on any atom is 0.293 e. The SMILES string of the molecule is CC(C)C(NC(=O)c1ccc(Cl)cc1)C(=O)NN=Cc1ccc(N2CCCCC2)c([N+](=O)[O-])c1. The van der Waals surface area contributed by atoms with Crippen LogP contribution in [0.25, 0.3) is 0 Å². The van der Waals surface area contributed by atoms with Gasteiger partial charge in [-0.1, -0.05) is 31.5 Å². The van der Waals surface area contributed by atoms with E-state index in [1.165, 1.54) is 12.3 Å². The first kappa shape index (κ1) is 25.2. The van der Waals surface area contributed by atoms with Crippen molar-refractivity contribution in [3.05, 3.63) is 68.7 Å². The fraction of sp³-hybridized carbons (Fsp3) is 0.375. The number of piperidine rings is 1. The number of hydrogen-bond donors (Lipinski definition) is 2. The molecule has 0 saturated carbocycles. The number of hydrazone groups is 1. The van der Waals surface area contributed by atoms with Crippen molar-refractivity contribution >= 4 is 41.0 Å². The van der Waals surface area contributed by atoms with Gasteiger partial charge in [-0.25, -0.2) is 5.43 Å². The zero-order chi connectivity index (χ0) is 24.7. The number of carbonyl (C=O) groups is 2. The van der Waals surface area contributed by atoms with E-state index < -0.39 is 22.8 Å². The number of hydrogen-bond acceptors (Lipinski definition) is 6. The van der Waals surface area contributed by atoms with Crippen molar-refractivity contribution in [3.8, 4) is 0 Å². The molecular formula is C24H28ClN5O4. The Morgan fingerprint density at radius 2 is 1.79 bits per heavy atom. The molecule has 2 aromatic carbocycles. The van der Waals surface area contributed by atoms with Crippen LogP contribution in [0.5, 0.6) is 0 Å². The van der Waals surface area contributed by atoms with Gasteiger partial charge < -0.3 is 10.2 Å². The Balaban J connectivity index is 1.66. The molecule has 9 nitrogen and oxygen atoms in total. The van der Waals surface area contributed by atoms with Crippen LogP contribution in [0.1, 0.15) is 49.0 Å². The number of nitrogens with zero attached hydrogens (tertiary/aromatic N) is 3. The van der Waals surface area contributed by atoms with E-state index in [9.17, 15) is 19.7 Å². The number of nitro groups is 1. The van der Waals surface area contributed by atoms with Gasteiger partial charge in [0.2, 0.25) is 0 Å². The number of nitro benzene ring substituents is 1. The van der Waals surface area contributed by atoms with Crippen molar-refractivity contribution in [2.45, 2.75) is 39.2 Å². The van der Waals surface area contributed by atoms with Crippen molar-refractivity contribution < 1.29 is 14.5 Å². The molecule has 1 aliphatic heterocycles. The maximum atomic E-state index is 12.7. The van der Waals surface area contributed by atoms with Gasteiger partial charge in [0.25, 0.3) is 17.5 Å². The van der Waals surface area contributed by atoms with Crippen molar-refractivity contribution in [2.24, 2.45) is 11.0 Å². The molecule has 0 aromatic heterocycles. The molecule has 0 radical (unpaired) electrons. The Labute approximate surface area is 203 Å². The Hall–Kier alpha value is -3.46. The van der Waals surface area contributed by atoms with Gasteiger partial charge in [0, 0.05) is 35.3 Å². The van der Waals surface area contributed by atoms with Crippen molar-refractivity contribution in [2.75, 3.05) is 18.0 Å². The van der Waals surface area contributed by atoms with E-state index in [1.807, 2.05) is 4.90 Å². The standard InChI is InChI=1S/C24H28ClN5O4/c1-16(2)22(27-23(31)18-7-9-19(25)10-8-18)24(32)28-26-15-17-6-11-20(21(14-17)30(33)34)29-12-4-3-5-13-29/h6-11,14-16,22H,3-5,12-13H2,1-2H3,(H,27,31)(H,28,32). The summed E-state index contributed by atoms with van der Waals surface area (Å²) < 4.78 is 0. The summed E-state index contributed by atoms with van der Waals surface area (Å²) in [6.07, 6.45) is 4.51. The van der Waals surface area contributed by atoms with E-state index in [-0.39, 0.29) is 11.6 Å². The van der Waals surface area contributed by atoms with Crippen LogP contribution >= 0.6 is 11.6 Å². The van der Waals surface area contributed by atoms with Crippen molar-refractivity contribution in [1.82, 2.24) is 10.7 Å². The first-order valence-electron chi connectivity index (χ1n) is 11.2. The lowest BCUT2D eigenvalue weighted by molar-refractivity contribution is -0.384. The van der Waals surface area contributed by atoms with Crippen LogP contribution < -0.4 is 15.6 Å². The topological polar surface area (TPSA) is 117 Å². The molecule has 1 fully saturated rings. The minimum atomic E-state index is -0.823. The average molecular weight is 486 g/mol. The van der Waals surface area contributed by atoms with Gasteiger partial charge in [0.1, 0.15) is 11.7 Å². The lowest BCUT2D eigenvalue weighted by Gasteiger charge is -2.28.